The van der Waals surface area contributed by atoms with Gasteiger partial charge in [0.25, 0.3) is 0 Å². The molecular formula is C15H19ClN4O. The van der Waals surface area contributed by atoms with Crippen molar-refractivity contribution in [3.05, 3.63) is 42.7 Å². The number of nitrogens with one attached hydrogen (secondary N) is 1. The van der Waals surface area contributed by atoms with Crippen LogP contribution in [0.3, 0.4) is 0 Å². The third-order valence-electron chi connectivity index (χ3n) is 3.81. The van der Waals surface area contributed by atoms with Crippen LogP contribution in [0.1, 0.15) is 25.7 Å². The van der Waals surface area contributed by atoms with Gasteiger partial charge in [0.05, 0.1) is 29.3 Å². The first kappa shape index (κ1) is 15.5. The summed E-state index contributed by atoms with van der Waals surface area (Å²) in [5.74, 6) is -0.109. The van der Waals surface area contributed by atoms with E-state index in [4.69, 9.17) is 5.73 Å². The molecule has 5 nitrogen and oxygen atoms in total. The van der Waals surface area contributed by atoms with E-state index in [1.54, 1.807) is 17.1 Å². The van der Waals surface area contributed by atoms with Gasteiger partial charge in [-0.05, 0) is 25.0 Å². The van der Waals surface area contributed by atoms with Gasteiger partial charge in [-0.3, -0.25) is 4.79 Å². The zero-order valence-electron chi connectivity index (χ0n) is 11.7. The summed E-state index contributed by atoms with van der Waals surface area (Å²) >= 11 is 0. The molecule has 112 valence electrons. The Morgan fingerprint density at radius 3 is 2.57 bits per heavy atom. The minimum absolute atomic E-state index is 0. The molecule has 1 amide bonds. The number of aromatic nitrogens is 2. The molecule has 21 heavy (non-hydrogen) atoms. The Morgan fingerprint density at radius 1 is 1.24 bits per heavy atom. The summed E-state index contributed by atoms with van der Waals surface area (Å²) < 4.78 is 1.73. The molecule has 0 aliphatic heterocycles. The fourth-order valence-electron chi connectivity index (χ4n) is 2.60. The van der Waals surface area contributed by atoms with E-state index >= 15 is 0 Å². The number of nitrogens with two attached hydrogens (primary N) is 1. The lowest BCUT2D eigenvalue weighted by Crippen LogP contribution is -2.48. The van der Waals surface area contributed by atoms with Crippen LogP contribution in [0.4, 0.5) is 5.69 Å². The number of hydrogen-bond acceptors (Lipinski definition) is 3. The largest absolute Gasteiger partial charge is 0.322 e. The highest BCUT2D eigenvalue weighted by atomic mass is 35.5. The second-order valence-corrected chi connectivity index (χ2v) is 5.33. The summed E-state index contributed by atoms with van der Waals surface area (Å²) in [6, 6.07) is 9.76. The normalized spacial score (nSPS) is 16.2. The summed E-state index contributed by atoms with van der Waals surface area (Å²) in [5, 5.41) is 7.12. The molecule has 3 N–H and O–H groups in total. The highest BCUT2D eigenvalue weighted by molar-refractivity contribution is 5.98. The molecule has 2 aromatic rings. The first-order valence-electron chi connectivity index (χ1n) is 6.88. The molecule has 0 radical (unpaired) electrons. The highest BCUT2D eigenvalue weighted by Gasteiger charge is 2.37. The van der Waals surface area contributed by atoms with E-state index in [0.717, 1.165) is 31.4 Å². The van der Waals surface area contributed by atoms with Gasteiger partial charge >= 0.3 is 0 Å². The van der Waals surface area contributed by atoms with Crippen LogP contribution in [0.25, 0.3) is 5.69 Å². The van der Waals surface area contributed by atoms with Crippen molar-refractivity contribution >= 4 is 24.0 Å². The van der Waals surface area contributed by atoms with Crippen LogP contribution >= 0.6 is 12.4 Å². The van der Waals surface area contributed by atoms with E-state index in [2.05, 4.69) is 10.4 Å². The van der Waals surface area contributed by atoms with Gasteiger partial charge in [-0.15, -0.1) is 12.4 Å². The quantitative estimate of drug-likeness (QED) is 0.915. The van der Waals surface area contributed by atoms with Gasteiger partial charge in [-0.2, -0.15) is 5.10 Å². The van der Waals surface area contributed by atoms with Crippen molar-refractivity contribution in [3.8, 4) is 5.69 Å². The van der Waals surface area contributed by atoms with Crippen LogP contribution < -0.4 is 11.1 Å². The smallest absolute Gasteiger partial charge is 0.244 e. The van der Waals surface area contributed by atoms with Gasteiger partial charge in [0.15, 0.2) is 0 Å². The van der Waals surface area contributed by atoms with Crippen molar-refractivity contribution in [2.75, 3.05) is 5.32 Å². The number of para-hydroxylation sites is 1. The summed E-state index contributed by atoms with van der Waals surface area (Å²) in [7, 11) is 0. The zero-order valence-corrected chi connectivity index (χ0v) is 12.5. The Balaban J connectivity index is 0.00000161. The van der Waals surface area contributed by atoms with Gasteiger partial charge in [-0.25, -0.2) is 4.68 Å². The molecule has 1 saturated carbocycles. The molecule has 3 rings (SSSR count). The number of carbonyl (C=O) groups is 1. The first-order chi connectivity index (χ1) is 9.67. The summed E-state index contributed by atoms with van der Waals surface area (Å²) in [4.78, 5) is 12.2. The van der Waals surface area contributed by atoms with E-state index < -0.39 is 5.54 Å². The monoisotopic (exact) mass is 306 g/mol. The number of anilines is 1. The lowest BCUT2D eigenvalue weighted by Gasteiger charge is -2.21. The zero-order chi connectivity index (χ0) is 14.0. The topological polar surface area (TPSA) is 72.9 Å². The third kappa shape index (κ3) is 3.25. The first-order valence-corrected chi connectivity index (χ1v) is 6.88. The molecule has 1 aliphatic rings. The van der Waals surface area contributed by atoms with Gasteiger partial charge < -0.3 is 11.1 Å². The molecular weight excluding hydrogens is 288 g/mol. The average Bonchev–Trinajstić information content (AvgIpc) is 3.10. The predicted molar refractivity (Wildman–Crippen MR) is 84.8 cm³/mol. The molecule has 6 heteroatoms. The second-order valence-electron chi connectivity index (χ2n) is 5.33. The number of halogens is 1. The number of amides is 1. The fraction of sp³-hybridized carbons (Fsp3) is 0.333. The van der Waals surface area contributed by atoms with Crippen LogP contribution in [-0.2, 0) is 4.79 Å². The maximum atomic E-state index is 12.2. The lowest BCUT2D eigenvalue weighted by molar-refractivity contribution is -0.121. The van der Waals surface area contributed by atoms with E-state index in [9.17, 15) is 4.79 Å². The Kier molecular flexibility index (Phi) is 4.65. The molecule has 1 fully saturated rings. The van der Waals surface area contributed by atoms with Crippen molar-refractivity contribution in [2.24, 2.45) is 5.73 Å². The van der Waals surface area contributed by atoms with Crippen LogP contribution in [-0.4, -0.2) is 21.2 Å². The summed E-state index contributed by atoms with van der Waals surface area (Å²) in [6.07, 6.45) is 6.99. The van der Waals surface area contributed by atoms with Crippen molar-refractivity contribution in [1.82, 2.24) is 9.78 Å². The molecule has 0 spiro atoms. The van der Waals surface area contributed by atoms with E-state index in [1.807, 2.05) is 30.3 Å². The van der Waals surface area contributed by atoms with Gasteiger partial charge in [0.2, 0.25) is 5.91 Å². The van der Waals surface area contributed by atoms with E-state index in [0.29, 0.717) is 5.69 Å². The summed E-state index contributed by atoms with van der Waals surface area (Å²) in [5.41, 5.74) is 7.05. The van der Waals surface area contributed by atoms with Crippen LogP contribution in [0, 0.1) is 0 Å². The van der Waals surface area contributed by atoms with Gasteiger partial charge in [0.1, 0.15) is 0 Å². The molecule has 0 unspecified atom stereocenters. The van der Waals surface area contributed by atoms with Crippen molar-refractivity contribution in [3.63, 3.8) is 0 Å². The molecule has 0 saturated heterocycles. The standard InChI is InChI=1S/C15H18N4O.ClH/c16-15(8-4-5-9-15)14(20)18-12-10-17-19(11-12)13-6-2-1-3-7-13;/h1-3,6-7,10-11H,4-5,8-9,16H2,(H,18,20);1H. The fourth-order valence-corrected chi connectivity index (χ4v) is 2.60. The second kappa shape index (κ2) is 6.28. The SMILES string of the molecule is Cl.NC1(C(=O)Nc2cnn(-c3ccccc3)c2)CCCC1. The molecule has 1 aromatic heterocycles. The Labute approximate surface area is 129 Å². The average molecular weight is 307 g/mol. The maximum absolute atomic E-state index is 12.2. The van der Waals surface area contributed by atoms with E-state index in [1.165, 1.54) is 0 Å². The minimum atomic E-state index is -0.713. The highest BCUT2D eigenvalue weighted by Crippen LogP contribution is 2.28. The number of rotatable bonds is 3. The molecule has 0 bridgehead atoms. The Bertz CT molecular complexity index is 605. The van der Waals surface area contributed by atoms with Crippen LogP contribution in [0.2, 0.25) is 0 Å². The molecule has 1 heterocycles. The van der Waals surface area contributed by atoms with Crippen molar-refractivity contribution in [2.45, 2.75) is 31.2 Å². The van der Waals surface area contributed by atoms with Gasteiger partial charge in [0, 0.05) is 0 Å². The Hall–Kier alpha value is -1.85. The predicted octanol–water partition coefficient (Wildman–Crippen LogP) is 2.50. The van der Waals surface area contributed by atoms with Crippen LogP contribution in [0.15, 0.2) is 42.7 Å². The van der Waals surface area contributed by atoms with Crippen LogP contribution in [0.5, 0.6) is 0 Å². The third-order valence-corrected chi connectivity index (χ3v) is 3.81. The van der Waals surface area contributed by atoms with Crippen molar-refractivity contribution in [1.29, 1.82) is 0 Å². The minimum Gasteiger partial charge on any atom is -0.322 e. The number of nitrogens with zero attached hydrogens (tertiary/aromatic N) is 2. The van der Waals surface area contributed by atoms with Gasteiger partial charge in [-0.1, -0.05) is 31.0 Å². The Morgan fingerprint density at radius 2 is 1.90 bits per heavy atom. The summed E-state index contributed by atoms with van der Waals surface area (Å²) in [6.45, 7) is 0. The van der Waals surface area contributed by atoms with Crippen molar-refractivity contribution < 1.29 is 4.79 Å². The molecule has 1 aliphatic carbocycles. The lowest BCUT2D eigenvalue weighted by atomic mass is 9.98. The maximum Gasteiger partial charge on any atom is 0.244 e. The number of carbonyl (C=O) groups excluding carboxylic acids is 1. The number of benzene rings is 1. The number of hydrogen-bond donors (Lipinski definition) is 2. The van der Waals surface area contributed by atoms with E-state index in [-0.39, 0.29) is 18.3 Å². The molecule has 1 aromatic carbocycles. The molecule has 0 atom stereocenters.